The van der Waals surface area contributed by atoms with Gasteiger partial charge in [0, 0.05) is 30.1 Å². The minimum Gasteiger partial charge on any atom is -0.508 e. The molecule has 4 heteroatoms. The highest BCUT2D eigenvalue weighted by atomic mass is 16.3. The molecule has 3 rings (SSSR count). The van der Waals surface area contributed by atoms with Crippen LogP contribution in [0.1, 0.15) is 35.7 Å². The van der Waals surface area contributed by atoms with Crippen LogP contribution in [0.4, 0.5) is 5.69 Å². The number of hydrogen-bond donors (Lipinski definition) is 2. The van der Waals surface area contributed by atoms with E-state index >= 15 is 0 Å². The van der Waals surface area contributed by atoms with Gasteiger partial charge in [-0.15, -0.1) is 0 Å². The van der Waals surface area contributed by atoms with E-state index in [9.17, 15) is 5.11 Å². The van der Waals surface area contributed by atoms with Gasteiger partial charge in [-0.1, -0.05) is 6.07 Å². The number of fused-ring (bicyclic) bond motifs is 1. The van der Waals surface area contributed by atoms with E-state index in [-0.39, 0.29) is 0 Å². The Hall–Kier alpha value is -1.97. The average molecular weight is 257 g/mol. The molecule has 0 saturated carbocycles. The van der Waals surface area contributed by atoms with Gasteiger partial charge in [0.15, 0.2) is 0 Å². The van der Waals surface area contributed by atoms with E-state index in [1.807, 2.05) is 37.0 Å². The molecule has 1 unspecified atom stereocenters. The molecule has 2 aromatic rings. The van der Waals surface area contributed by atoms with Crippen LogP contribution in [-0.2, 0) is 13.5 Å². The van der Waals surface area contributed by atoms with Crippen LogP contribution in [0.15, 0.2) is 24.4 Å². The summed E-state index contributed by atoms with van der Waals surface area (Å²) in [6, 6.07) is 6.03. The number of phenols is 1. The van der Waals surface area contributed by atoms with E-state index in [0.29, 0.717) is 11.8 Å². The minimum atomic E-state index is 0.291. The maximum Gasteiger partial charge on any atom is 0.120 e. The summed E-state index contributed by atoms with van der Waals surface area (Å²) in [4.78, 5) is 0. The van der Waals surface area contributed by atoms with E-state index in [1.165, 1.54) is 17.7 Å². The molecule has 2 N–H and O–H groups in total. The first kappa shape index (κ1) is 12.1. The number of anilines is 1. The number of benzene rings is 1. The molecule has 4 nitrogen and oxygen atoms in total. The lowest BCUT2D eigenvalue weighted by molar-refractivity contribution is 0.471. The number of nitrogens with zero attached hydrogens (tertiary/aromatic N) is 2. The number of hydrogen-bond acceptors (Lipinski definition) is 3. The summed E-state index contributed by atoms with van der Waals surface area (Å²) >= 11 is 0. The Morgan fingerprint density at radius 2 is 2.26 bits per heavy atom. The van der Waals surface area contributed by atoms with E-state index in [4.69, 9.17) is 0 Å². The fourth-order valence-corrected chi connectivity index (χ4v) is 2.76. The maximum absolute atomic E-state index is 9.77. The molecule has 1 aliphatic carbocycles. The fourth-order valence-electron chi connectivity index (χ4n) is 2.76. The second-order valence-electron chi connectivity index (χ2n) is 5.26. The fraction of sp³-hybridized carbons (Fsp3) is 0.400. The van der Waals surface area contributed by atoms with Gasteiger partial charge < -0.3 is 10.4 Å². The van der Waals surface area contributed by atoms with Crippen molar-refractivity contribution in [2.24, 2.45) is 7.05 Å². The molecule has 100 valence electrons. The van der Waals surface area contributed by atoms with Crippen LogP contribution in [0.25, 0.3) is 0 Å². The van der Waals surface area contributed by atoms with Gasteiger partial charge >= 0.3 is 0 Å². The summed E-state index contributed by atoms with van der Waals surface area (Å²) in [6.45, 7) is 1.90. The highest BCUT2D eigenvalue weighted by Gasteiger charge is 2.23. The molecule has 1 aromatic carbocycles. The topological polar surface area (TPSA) is 50.1 Å². The van der Waals surface area contributed by atoms with Gasteiger partial charge in [0.1, 0.15) is 5.75 Å². The second kappa shape index (κ2) is 4.61. The third-order valence-electron chi connectivity index (χ3n) is 3.93. The minimum absolute atomic E-state index is 0.291. The van der Waals surface area contributed by atoms with Crippen LogP contribution in [0.5, 0.6) is 5.75 Å². The molecule has 0 bridgehead atoms. The molecule has 0 radical (unpaired) electrons. The Labute approximate surface area is 113 Å². The predicted molar refractivity (Wildman–Crippen MR) is 75.4 cm³/mol. The quantitative estimate of drug-likeness (QED) is 0.869. The molecule has 0 saturated heterocycles. The van der Waals surface area contributed by atoms with Gasteiger partial charge in [0.2, 0.25) is 0 Å². The number of rotatable bonds is 2. The molecule has 0 fully saturated rings. The molecule has 0 amide bonds. The van der Waals surface area contributed by atoms with E-state index < -0.39 is 0 Å². The van der Waals surface area contributed by atoms with Crippen LogP contribution in [0, 0.1) is 6.92 Å². The number of phenolic OH excluding ortho intramolecular Hbond substituents is 1. The van der Waals surface area contributed by atoms with Gasteiger partial charge in [-0.05, 0) is 37.8 Å². The molecule has 1 atom stereocenters. The lowest BCUT2D eigenvalue weighted by Crippen LogP contribution is -2.17. The van der Waals surface area contributed by atoms with Gasteiger partial charge in [0.25, 0.3) is 0 Å². The van der Waals surface area contributed by atoms with Crippen LogP contribution in [0.2, 0.25) is 0 Å². The molecular formula is C15H19N3O. The van der Waals surface area contributed by atoms with Crippen molar-refractivity contribution >= 4 is 5.69 Å². The third-order valence-corrected chi connectivity index (χ3v) is 3.93. The number of aromatic hydroxyl groups is 1. The average Bonchev–Trinajstić information content (AvgIpc) is 2.77. The smallest absolute Gasteiger partial charge is 0.120 e. The van der Waals surface area contributed by atoms with Crippen molar-refractivity contribution in [1.29, 1.82) is 0 Å². The normalized spacial score (nSPS) is 18.1. The van der Waals surface area contributed by atoms with Crippen molar-refractivity contribution in [3.05, 3.63) is 41.2 Å². The zero-order chi connectivity index (χ0) is 13.4. The SMILES string of the molecule is Cc1ccc(NC2CCCc3c2cnn3C)cc1O. The van der Waals surface area contributed by atoms with Crippen molar-refractivity contribution in [3.63, 3.8) is 0 Å². The third kappa shape index (κ3) is 2.18. The first-order chi connectivity index (χ1) is 9.15. The van der Waals surface area contributed by atoms with Crippen molar-refractivity contribution in [3.8, 4) is 5.75 Å². The van der Waals surface area contributed by atoms with E-state index in [1.54, 1.807) is 6.07 Å². The van der Waals surface area contributed by atoms with Crippen LogP contribution in [-0.4, -0.2) is 14.9 Å². The molecular weight excluding hydrogens is 238 g/mol. The molecule has 19 heavy (non-hydrogen) atoms. The largest absolute Gasteiger partial charge is 0.508 e. The second-order valence-corrected chi connectivity index (χ2v) is 5.26. The Bertz CT molecular complexity index is 603. The lowest BCUT2D eigenvalue weighted by atomic mass is 9.93. The Morgan fingerprint density at radius 1 is 1.42 bits per heavy atom. The van der Waals surface area contributed by atoms with Crippen molar-refractivity contribution in [1.82, 2.24) is 9.78 Å². The van der Waals surface area contributed by atoms with Gasteiger partial charge in [-0.25, -0.2) is 0 Å². The van der Waals surface area contributed by atoms with Crippen LogP contribution < -0.4 is 5.32 Å². The Morgan fingerprint density at radius 3 is 3.05 bits per heavy atom. The summed E-state index contributed by atoms with van der Waals surface area (Å²) in [5.74, 6) is 0.340. The Balaban J connectivity index is 1.86. The summed E-state index contributed by atoms with van der Waals surface area (Å²) in [7, 11) is 2.00. The monoisotopic (exact) mass is 257 g/mol. The van der Waals surface area contributed by atoms with Crippen LogP contribution >= 0.6 is 0 Å². The summed E-state index contributed by atoms with van der Waals surface area (Å²) in [6.07, 6.45) is 5.33. The van der Waals surface area contributed by atoms with Crippen molar-refractivity contribution in [2.45, 2.75) is 32.2 Å². The summed E-state index contributed by atoms with van der Waals surface area (Å²) < 4.78 is 1.97. The molecule has 1 aromatic heterocycles. The summed E-state index contributed by atoms with van der Waals surface area (Å²) in [5.41, 5.74) is 4.47. The van der Waals surface area contributed by atoms with Gasteiger partial charge in [0.05, 0.1) is 12.2 Å². The number of aryl methyl sites for hydroxylation is 2. The lowest BCUT2D eigenvalue weighted by Gasteiger charge is -2.25. The predicted octanol–water partition coefficient (Wildman–Crippen LogP) is 2.92. The maximum atomic E-state index is 9.77. The first-order valence-corrected chi connectivity index (χ1v) is 6.72. The standard InChI is InChI=1S/C15H19N3O/c1-10-6-7-11(8-15(10)19)17-13-4-3-5-14-12(13)9-16-18(14)2/h6-9,13,17,19H,3-5H2,1-2H3. The van der Waals surface area contributed by atoms with Gasteiger partial charge in [-0.2, -0.15) is 5.10 Å². The zero-order valence-electron chi connectivity index (χ0n) is 11.3. The number of nitrogens with one attached hydrogen (secondary N) is 1. The van der Waals surface area contributed by atoms with Crippen LogP contribution in [0.3, 0.4) is 0 Å². The van der Waals surface area contributed by atoms with Crippen molar-refractivity contribution in [2.75, 3.05) is 5.32 Å². The van der Waals surface area contributed by atoms with E-state index in [2.05, 4.69) is 10.4 Å². The number of aromatic nitrogens is 2. The molecule has 0 aliphatic heterocycles. The zero-order valence-corrected chi connectivity index (χ0v) is 11.3. The summed E-state index contributed by atoms with van der Waals surface area (Å²) in [5, 5.41) is 17.6. The molecule has 1 aliphatic rings. The van der Waals surface area contributed by atoms with Crippen molar-refractivity contribution < 1.29 is 5.11 Å². The van der Waals surface area contributed by atoms with Gasteiger partial charge in [-0.3, -0.25) is 4.68 Å². The van der Waals surface area contributed by atoms with E-state index in [0.717, 1.165) is 24.1 Å². The first-order valence-electron chi connectivity index (χ1n) is 6.72. The highest BCUT2D eigenvalue weighted by molar-refractivity contribution is 5.52. The molecule has 0 spiro atoms. The molecule has 1 heterocycles. The Kier molecular flexibility index (Phi) is 2.93. The highest BCUT2D eigenvalue weighted by Crippen LogP contribution is 2.33.